The van der Waals surface area contributed by atoms with Gasteiger partial charge in [-0.3, -0.25) is 9.59 Å². The number of unbranched alkanes of at least 4 members (excludes halogenated alkanes) is 4. The van der Waals surface area contributed by atoms with Crippen LogP contribution in [0.4, 0.5) is 0 Å². The van der Waals surface area contributed by atoms with Crippen LogP contribution in [0.2, 0.25) is 0 Å². The first-order valence-corrected chi connectivity index (χ1v) is 17.2. The molecule has 2 aromatic rings. The molecule has 3 atom stereocenters. The van der Waals surface area contributed by atoms with Gasteiger partial charge in [-0.25, -0.2) is 0 Å². The summed E-state index contributed by atoms with van der Waals surface area (Å²) in [6.07, 6.45) is 5.05. The normalized spacial score (nSPS) is 17.4. The number of carbonyl (C=O) groups is 2. The fraction of sp³-hybridized carbons (Fsp3) is 0.543. The van der Waals surface area contributed by atoms with E-state index in [1.165, 1.54) is 7.11 Å². The van der Waals surface area contributed by atoms with E-state index < -0.39 is 24.2 Å². The molecule has 0 saturated heterocycles. The maximum Gasteiger partial charge on any atom is 0.247 e. The Labute approximate surface area is 291 Å². The van der Waals surface area contributed by atoms with Crippen LogP contribution in [0.3, 0.4) is 0 Å². The zero-order chi connectivity index (χ0) is 34.3. The van der Waals surface area contributed by atoms with Gasteiger partial charge in [0.1, 0.15) is 23.7 Å². The van der Waals surface area contributed by atoms with E-state index in [4.69, 9.17) is 18.9 Å². The van der Waals surface area contributed by atoms with Gasteiger partial charge in [0, 0.05) is 31.5 Å². The molecular weight excluding hydrogens is 719 g/mol. The van der Waals surface area contributed by atoms with E-state index in [2.05, 4.69) is 34.8 Å². The minimum Gasteiger partial charge on any atom is -0.497 e. The number of ether oxygens (including phenoxy) is 4. The second kappa shape index (κ2) is 19.7. The molecule has 260 valence electrons. The Kier molecular flexibility index (Phi) is 16.1. The molecule has 0 unspecified atom stereocenters. The van der Waals surface area contributed by atoms with E-state index >= 15 is 0 Å². The van der Waals surface area contributed by atoms with Crippen LogP contribution < -0.4 is 24.3 Å². The SMILES string of the molecule is CCCCCCCC(=O)N(CCc1cc(OC)ccc1OC)[C@@H]1CC(C(=O)NCCO)=C[C@H](Oc2c(I)cc(CO)cc2OC)[C@H]1O. The summed E-state index contributed by atoms with van der Waals surface area (Å²) in [6.45, 7) is 2.02. The summed E-state index contributed by atoms with van der Waals surface area (Å²) in [5.41, 5.74) is 1.80. The summed E-state index contributed by atoms with van der Waals surface area (Å²) in [5.74, 6) is 1.48. The van der Waals surface area contributed by atoms with Crippen molar-refractivity contribution in [2.75, 3.05) is 41.0 Å². The number of rotatable bonds is 19. The van der Waals surface area contributed by atoms with Crippen molar-refractivity contribution in [2.45, 2.75) is 83.1 Å². The smallest absolute Gasteiger partial charge is 0.247 e. The van der Waals surface area contributed by atoms with Crippen LogP contribution in [0.15, 0.2) is 42.0 Å². The van der Waals surface area contributed by atoms with Crippen LogP contribution in [0.25, 0.3) is 0 Å². The summed E-state index contributed by atoms with van der Waals surface area (Å²) in [5, 5.41) is 33.6. The standard InChI is InChI=1S/C35H49IN2O9/c1-5-6-7-8-9-10-32(41)38(15-13-24-19-26(44-2)11-12-29(24)45-3)28-20-25(35(43)37-14-16-39)21-30(33(28)42)47-34-27(36)17-23(22-40)18-31(34)46-4/h11-12,17-19,21,28,30,33,39-40,42H,5-10,13-16,20,22H2,1-4H3,(H,37,43)/t28-,30+,33+/m1/s1. The minimum absolute atomic E-state index is 0.0549. The van der Waals surface area contributed by atoms with Gasteiger partial charge in [-0.2, -0.15) is 0 Å². The summed E-state index contributed by atoms with van der Waals surface area (Å²) >= 11 is 2.07. The van der Waals surface area contributed by atoms with Crippen LogP contribution in [0, 0.1) is 3.57 Å². The molecule has 47 heavy (non-hydrogen) atoms. The number of hydrogen-bond donors (Lipinski definition) is 4. The monoisotopic (exact) mass is 768 g/mol. The quantitative estimate of drug-likeness (QED) is 0.122. The van der Waals surface area contributed by atoms with Crippen molar-refractivity contribution in [3.63, 3.8) is 0 Å². The Bertz CT molecular complexity index is 1350. The molecule has 1 aliphatic rings. The average molecular weight is 769 g/mol. The van der Waals surface area contributed by atoms with Crippen molar-refractivity contribution < 1.29 is 43.9 Å². The van der Waals surface area contributed by atoms with E-state index in [0.29, 0.717) is 57.0 Å². The summed E-state index contributed by atoms with van der Waals surface area (Å²) in [4.78, 5) is 28.9. The third kappa shape index (κ3) is 10.7. The zero-order valence-corrected chi connectivity index (χ0v) is 30.0. The molecule has 0 fully saturated rings. The molecule has 0 spiro atoms. The van der Waals surface area contributed by atoms with Gasteiger partial charge >= 0.3 is 0 Å². The second-order valence-electron chi connectivity index (χ2n) is 11.5. The highest BCUT2D eigenvalue weighted by Crippen LogP contribution is 2.37. The lowest BCUT2D eigenvalue weighted by atomic mass is 9.87. The van der Waals surface area contributed by atoms with Crippen molar-refractivity contribution in [3.8, 4) is 23.0 Å². The number of amides is 2. The molecule has 0 aromatic heterocycles. The van der Waals surface area contributed by atoms with E-state index in [1.807, 2.05) is 12.1 Å². The maximum absolute atomic E-state index is 14.0. The first kappa shape index (κ1) is 38.4. The number of nitrogens with zero attached hydrogens (tertiary/aromatic N) is 1. The van der Waals surface area contributed by atoms with E-state index in [9.17, 15) is 24.9 Å². The van der Waals surface area contributed by atoms with Gasteiger partial charge in [-0.1, -0.05) is 32.6 Å². The topological polar surface area (TPSA) is 147 Å². The molecule has 2 aromatic carbocycles. The number of benzene rings is 2. The van der Waals surface area contributed by atoms with Crippen molar-refractivity contribution >= 4 is 34.4 Å². The number of aliphatic hydroxyl groups is 3. The fourth-order valence-corrected chi connectivity index (χ4v) is 6.50. The lowest BCUT2D eigenvalue weighted by molar-refractivity contribution is -0.138. The molecule has 4 N–H and O–H groups in total. The molecule has 0 bridgehead atoms. The lowest BCUT2D eigenvalue weighted by Gasteiger charge is -2.41. The van der Waals surface area contributed by atoms with Gasteiger partial charge in [0.15, 0.2) is 11.5 Å². The highest BCUT2D eigenvalue weighted by atomic mass is 127. The predicted molar refractivity (Wildman–Crippen MR) is 187 cm³/mol. The van der Waals surface area contributed by atoms with Crippen molar-refractivity contribution in [2.24, 2.45) is 0 Å². The fourth-order valence-electron chi connectivity index (χ4n) is 5.71. The van der Waals surface area contributed by atoms with E-state index in [-0.39, 0.29) is 38.6 Å². The zero-order valence-electron chi connectivity index (χ0n) is 27.8. The van der Waals surface area contributed by atoms with Crippen molar-refractivity contribution in [3.05, 3.63) is 56.7 Å². The molecule has 0 aliphatic heterocycles. The van der Waals surface area contributed by atoms with Gasteiger partial charge in [0.25, 0.3) is 0 Å². The predicted octanol–water partition coefficient (Wildman–Crippen LogP) is 4.16. The lowest BCUT2D eigenvalue weighted by Crippen LogP contribution is -2.55. The van der Waals surface area contributed by atoms with Crippen LogP contribution in [0.5, 0.6) is 23.0 Å². The minimum atomic E-state index is -1.20. The van der Waals surface area contributed by atoms with Crippen LogP contribution in [0.1, 0.15) is 63.0 Å². The Morgan fingerprint density at radius 2 is 1.74 bits per heavy atom. The highest BCUT2D eigenvalue weighted by Gasteiger charge is 2.40. The molecule has 12 heteroatoms. The maximum atomic E-state index is 14.0. The van der Waals surface area contributed by atoms with E-state index in [0.717, 1.165) is 31.2 Å². The Morgan fingerprint density at radius 3 is 2.40 bits per heavy atom. The molecular formula is C35H49IN2O9. The molecule has 11 nitrogen and oxygen atoms in total. The summed E-state index contributed by atoms with van der Waals surface area (Å²) in [6, 6.07) is 8.10. The first-order chi connectivity index (χ1) is 22.7. The molecule has 0 saturated carbocycles. The number of aliphatic hydroxyl groups excluding tert-OH is 3. The summed E-state index contributed by atoms with van der Waals surface area (Å²) in [7, 11) is 4.65. The van der Waals surface area contributed by atoms with Gasteiger partial charge in [0.2, 0.25) is 11.8 Å². The molecule has 0 heterocycles. The van der Waals surface area contributed by atoms with Gasteiger partial charge in [0.05, 0.1) is 44.2 Å². The van der Waals surface area contributed by atoms with E-state index in [1.54, 1.807) is 43.4 Å². The second-order valence-corrected chi connectivity index (χ2v) is 12.6. The highest BCUT2D eigenvalue weighted by molar-refractivity contribution is 14.1. The number of nitrogens with one attached hydrogen (secondary N) is 1. The third-order valence-corrected chi connectivity index (χ3v) is 9.07. The largest absolute Gasteiger partial charge is 0.497 e. The molecule has 1 aliphatic carbocycles. The van der Waals surface area contributed by atoms with Crippen LogP contribution >= 0.6 is 22.6 Å². The number of halogens is 1. The Balaban J connectivity index is 2.00. The molecule has 2 amide bonds. The summed E-state index contributed by atoms with van der Waals surface area (Å²) < 4.78 is 23.6. The Morgan fingerprint density at radius 1 is 1.00 bits per heavy atom. The first-order valence-electron chi connectivity index (χ1n) is 16.1. The van der Waals surface area contributed by atoms with Crippen molar-refractivity contribution in [1.82, 2.24) is 10.2 Å². The van der Waals surface area contributed by atoms with Gasteiger partial charge < -0.3 is 44.5 Å². The third-order valence-electron chi connectivity index (χ3n) is 8.26. The van der Waals surface area contributed by atoms with Crippen LogP contribution in [-0.2, 0) is 22.6 Å². The number of carbonyl (C=O) groups excluding carboxylic acids is 2. The van der Waals surface area contributed by atoms with Crippen molar-refractivity contribution in [1.29, 1.82) is 0 Å². The number of hydrogen-bond acceptors (Lipinski definition) is 9. The molecule has 3 rings (SSSR count). The van der Waals surface area contributed by atoms with Gasteiger partial charge in [-0.15, -0.1) is 0 Å². The molecule has 0 radical (unpaired) electrons. The number of methoxy groups -OCH3 is 3. The Hall–Kier alpha value is -3.07. The average Bonchev–Trinajstić information content (AvgIpc) is 3.08. The van der Waals surface area contributed by atoms with Crippen LogP contribution in [-0.4, -0.2) is 91.3 Å². The van der Waals surface area contributed by atoms with Gasteiger partial charge in [-0.05, 0) is 83.0 Å².